The molecule has 11 heteroatoms. The van der Waals surface area contributed by atoms with Gasteiger partial charge in [0.05, 0.1) is 10.9 Å². The van der Waals surface area contributed by atoms with E-state index in [-0.39, 0.29) is 12.2 Å². The van der Waals surface area contributed by atoms with Crippen LogP contribution in [0.1, 0.15) is 28.8 Å². The van der Waals surface area contributed by atoms with Crippen LogP contribution in [0.5, 0.6) is 0 Å². The molecule has 1 aliphatic rings. The summed E-state index contributed by atoms with van der Waals surface area (Å²) in [6.07, 6.45) is 1.06. The lowest BCUT2D eigenvalue weighted by Crippen LogP contribution is -2.28. The van der Waals surface area contributed by atoms with Gasteiger partial charge in [0, 0.05) is 10.6 Å². The van der Waals surface area contributed by atoms with Crippen LogP contribution in [0.15, 0.2) is 35.4 Å². The Kier molecular flexibility index (Phi) is 4.58. The highest BCUT2D eigenvalue weighted by molar-refractivity contribution is 7.19. The van der Waals surface area contributed by atoms with Crippen LogP contribution >= 0.6 is 11.3 Å². The number of hydrogen-bond acceptors (Lipinski definition) is 5. The largest absolute Gasteiger partial charge is 0.416 e. The third-order valence-corrected chi connectivity index (χ3v) is 6.53. The minimum Gasteiger partial charge on any atom is -0.324 e. The van der Waals surface area contributed by atoms with E-state index < -0.39 is 23.3 Å². The molecule has 31 heavy (non-hydrogen) atoms. The van der Waals surface area contributed by atoms with Crippen LogP contribution in [0.4, 0.5) is 18.9 Å². The van der Waals surface area contributed by atoms with Crippen LogP contribution in [0, 0.1) is 0 Å². The average Bonchev–Trinajstić information content (AvgIpc) is 3.25. The zero-order valence-electron chi connectivity index (χ0n) is 16.1. The third-order valence-electron chi connectivity index (χ3n) is 5.33. The van der Waals surface area contributed by atoms with Crippen LogP contribution in [-0.2, 0) is 30.4 Å². The van der Waals surface area contributed by atoms with Crippen LogP contribution < -0.4 is 11.0 Å². The van der Waals surface area contributed by atoms with Crippen molar-refractivity contribution in [1.82, 2.24) is 19.2 Å². The molecule has 0 radical (unpaired) electrons. The highest BCUT2D eigenvalue weighted by atomic mass is 32.1. The standard InChI is InChI=1S/C20H16F3N5O2S/c21-20(22,23)11-5-7-12(8-6-11)25-15(29)9-28-19(30)27-10-24-18-16(17(27)26-28)13-3-1-2-4-14(13)31-18/h5-8,10H,1-4,9H2,(H,25,29). The SMILES string of the molecule is O=C(Cn1nc2c3c4c(sc3ncn2c1=O)CCCC4)Nc1ccc(C(F)(F)F)cc1. The van der Waals surface area contributed by atoms with Crippen molar-refractivity contribution in [3.05, 3.63) is 57.1 Å². The predicted octanol–water partition coefficient (Wildman–Crippen LogP) is 3.64. The number of anilines is 1. The molecule has 3 aromatic heterocycles. The maximum atomic E-state index is 12.7. The Bertz CT molecular complexity index is 1370. The lowest BCUT2D eigenvalue weighted by atomic mass is 9.97. The number of alkyl halides is 3. The van der Waals surface area contributed by atoms with Gasteiger partial charge in [0.1, 0.15) is 17.7 Å². The molecular weight excluding hydrogens is 431 g/mol. The number of nitrogens with one attached hydrogen (secondary N) is 1. The van der Waals surface area contributed by atoms with Gasteiger partial charge in [0.2, 0.25) is 5.91 Å². The van der Waals surface area contributed by atoms with E-state index in [4.69, 9.17) is 0 Å². The molecule has 160 valence electrons. The van der Waals surface area contributed by atoms with Gasteiger partial charge in [-0.25, -0.2) is 18.9 Å². The van der Waals surface area contributed by atoms with Gasteiger partial charge in [0.15, 0.2) is 5.65 Å². The highest BCUT2D eigenvalue weighted by Gasteiger charge is 2.30. The molecule has 0 bridgehead atoms. The summed E-state index contributed by atoms with van der Waals surface area (Å²) in [5.41, 5.74) is 0.540. The van der Waals surface area contributed by atoms with Crippen molar-refractivity contribution in [3.63, 3.8) is 0 Å². The number of halogens is 3. The van der Waals surface area contributed by atoms with Gasteiger partial charge < -0.3 is 5.32 Å². The molecule has 4 aromatic rings. The fourth-order valence-electron chi connectivity index (χ4n) is 3.86. The third kappa shape index (κ3) is 3.48. The van der Waals surface area contributed by atoms with Crippen molar-refractivity contribution in [2.75, 3.05) is 5.32 Å². The minimum absolute atomic E-state index is 0.200. The molecular formula is C20H16F3N5O2S. The van der Waals surface area contributed by atoms with Gasteiger partial charge in [-0.15, -0.1) is 16.4 Å². The topological polar surface area (TPSA) is 81.3 Å². The van der Waals surface area contributed by atoms with E-state index in [1.807, 2.05) is 0 Å². The molecule has 0 unspecified atom stereocenters. The quantitative estimate of drug-likeness (QED) is 0.520. The number of hydrogen-bond donors (Lipinski definition) is 1. The van der Waals surface area contributed by atoms with Crippen molar-refractivity contribution in [1.29, 1.82) is 0 Å². The molecule has 1 N–H and O–H groups in total. The van der Waals surface area contributed by atoms with E-state index in [2.05, 4.69) is 15.4 Å². The van der Waals surface area contributed by atoms with Gasteiger partial charge >= 0.3 is 11.9 Å². The van der Waals surface area contributed by atoms with E-state index in [0.717, 1.165) is 64.8 Å². The molecule has 0 saturated carbocycles. The second-order valence-electron chi connectivity index (χ2n) is 7.39. The van der Waals surface area contributed by atoms with E-state index in [1.165, 1.54) is 21.2 Å². The molecule has 0 spiro atoms. The Hall–Kier alpha value is -3.21. The van der Waals surface area contributed by atoms with Crippen molar-refractivity contribution in [2.24, 2.45) is 0 Å². The molecule has 5 rings (SSSR count). The molecule has 3 heterocycles. The number of carbonyl (C=O) groups excluding carboxylic acids is 1. The summed E-state index contributed by atoms with van der Waals surface area (Å²) in [6, 6.07) is 4.10. The normalized spacial score (nSPS) is 14.2. The van der Waals surface area contributed by atoms with E-state index in [9.17, 15) is 22.8 Å². The monoisotopic (exact) mass is 447 g/mol. The number of aryl methyl sites for hydroxylation is 2. The molecule has 0 aliphatic heterocycles. The number of carbonyl (C=O) groups is 1. The Morgan fingerprint density at radius 2 is 1.90 bits per heavy atom. The molecule has 7 nitrogen and oxygen atoms in total. The van der Waals surface area contributed by atoms with Crippen LogP contribution in [0.2, 0.25) is 0 Å². The van der Waals surface area contributed by atoms with Gasteiger partial charge in [-0.3, -0.25) is 4.79 Å². The summed E-state index contributed by atoms with van der Waals surface area (Å²) in [5.74, 6) is -0.568. The van der Waals surface area contributed by atoms with E-state index in [0.29, 0.717) is 5.65 Å². The van der Waals surface area contributed by atoms with Gasteiger partial charge in [-0.1, -0.05) is 0 Å². The first kappa shape index (κ1) is 19.7. The Labute approximate surface area is 177 Å². The van der Waals surface area contributed by atoms with Crippen LogP contribution in [0.3, 0.4) is 0 Å². The van der Waals surface area contributed by atoms with Crippen molar-refractivity contribution in [2.45, 2.75) is 38.4 Å². The van der Waals surface area contributed by atoms with E-state index >= 15 is 0 Å². The molecule has 1 aromatic carbocycles. The summed E-state index contributed by atoms with van der Waals surface area (Å²) in [5, 5.41) is 7.73. The van der Waals surface area contributed by atoms with Gasteiger partial charge in [-0.05, 0) is 55.5 Å². The van der Waals surface area contributed by atoms with Crippen LogP contribution in [-0.4, -0.2) is 25.1 Å². The second kappa shape index (κ2) is 7.19. The molecule has 0 saturated heterocycles. The molecule has 1 aliphatic carbocycles. The first-order chi connectivity index (χ1) is 14.8. The first-order valence-electron chi connectivity index (χ1n) is 9.67. The highest BCUT2D eigenvalue weighted by Crippen LogP contribution is 2.36. The van der Waals surface area contributed by atoms with Crippen molar-refractivity contribution < 1.29 is 18.0 Å². The maximum Gasteiger partial charge on any atom is 0.416 e. The number of fused-ring (bicyclic) bond motifs is 5. The summed E-state index contributed by atoms with van der Waals surface area (Å²) in [6.45, 7) is -0.366. The first-order valence-corrected chi connectivity index (χ1v) is 10.5. The lowest BCUT2D eigenvalue weighted by Gasteiger charge is -2.09. The number of thiophene rings is 1. The zero-order valence-corrected chi connectivity index (χ0v) is 16.9. The second-order valence-corrected chi connectivity index (χ2v) is 8.48. The fraction of sp³-hybridized carbons (Fsp3) is 0.300. The maximum absolute atomic E-state index is 12.7. The smallest absolute Gasteiger partial charge is 0.324 e. The van der Waals surface area contributed by atoms with Crippen molar-refractivity contribution in [3.8, 4) is 0 Å². The van der Waals surface area contributed by atoms with Gasteiger partial charge in [0.25, 0.3) is 0 Å². The number of amides is 1. The number of rotatable bonds is 3. The van der Waals surface area contributed by atoms with Crippen LogP contribution in [0.25, 0.3) is 15.9 Å². The Morgan fingerprint density at radius 3 is 2.65 bits per heavy atom. The zero-order chi connectivity index (χ0) is 21.8. The number of benzene rings is 1. The average molecular weight is 447 g/mol. The minimum atomic E-state index is -4.45. The predicted molar refractivity (Wildman–Crippen MR) is 109 cm³/mol. The summed E-state index contributed by atoms with van der Waals surface area (Å²) < 4.78 is 40.4. The Balaban J connectivity index is 1.43. The van der Waals surface area contributed by atoms with Crippen molar-refractivity contribution >= 4 is 38.8 Å². The molecule has 0 atom stereocenters. The summed E-state index contributed by atoms with van der Waals surface area (Å²) >= 11 is 1.61. The fourth-order valence-corrected chi connectivity index (χ4v) is 5.08. The molecule has 1 amide bonds. The van der Waals surface area contributed by atoms with Gasteiger partial charge in [-0.2, -0.15) is 13.2 Å². The summed E-state index contributed by atoms with van der Waals surface area (Å²) in [4.78, 5) is 31.6. The van der Waals surface area contributed by atoms with E-state index in [1.54, 1.807) is 11.3 Å². The lowest BCUT2D eigenvalue weighted by molar-refractivity contribution is -0.137. The summed E-state index contributed by atoms with van der Waals surface area (Å²) in [7, 11) is 0. The number of nitrogens with zero attached hydrogens (tertiary/aromatic N) is 4. The number of aromatic nitrogens is 4. The Morgan fingerprint density at radius 1 is 1.16 bits per heavy atom. The molecule has 0 fully saturated rings.